The summed E-state index contributed by atoms with van der Waals surface area (Å²) in [5.74, 6) is 5.00. The maximum Gasteiger partial charge on any atom is 0.122 e. The second-order valence-electron chi connectivity index (χ2n) is 5.16. The minimum Gasteiger partial charge on any atom is -0.493 e. The van der Waals surface area contributed by atoms with E-state index in [9.17, 15) is 0 Å². The maximum atomic E-state index is 5.56. The molecule has 0 aromatic heterocycles. The van der Waals surface area contributed by atoms with Gasteiger partial charge in [-0.15, -0.1) is 0 Å². The molecule has 2 heterocycles. The van der Waals surface area contributed by atoms with Crippen molar-refractivity contribution in [3.05, 3.63) is 29.3 Å². The minimum atomic E-state index is 0.429. The van der Waals surface area contributed by atoms with Crippen LogP contribution in [0.25, 0.3) is 0 Å². The number of rotatable bonds is 4. The molecule has 104 valence electrons. The Kier molecular flexibility index (Phi) is 4.61. The van der Waals surface area contributed by atoms with E-state index >= 15 is 0 Å². The Morgan fingerprint density at radius 2 is 2.37 bits per heavy atom. The van der Waals surface area contributed by atoms with Crippen molar-refractivity contribution in [2.24, 2.45) is 0 Å². The molecule has 3 rings (SSSR count). The van der Waals surface area contributed by atoms with Crippen molar-refractivity contribution in [2.75, 3.05) is 30.4 Å². The first-order valence-electron chi connectivity index (χ1n) is 7.01. The van der Waals surface area contributed by atoms with Gasteiger partial charge in [0.05, 0.1) is 6.61 Å². The van der Waals surface area contributed by atoms with Gasteiger partial charge in [-0.3, -0.25) is 0 Å². The Hall–Kier alpha value is -0.320. The molecule has 1 aromatic rings. The van der Waals surface area contributed by atoms with Crippen molar-refractivity contribution < 1.29 is 4.74 Å². The van der Waals surface area contributed by atoms with Crippen LogP contribution >= 0.6 is 23.5 Å². The molecule has 0 radical (unpaired) electrons. The maximum absolute atomic E-state index is 5.56. The molecule has 4 heteroatoms. The summed E-state index contributed by atoms with van der Waals surface area (Å²) in [5.41, 5.74) is 2.76. The minimum absolute atomic E-state index is 0.429. The molecule has 0 aliphatic carbocycles. The predicted molar refractivity (Wildman–Crippen MR) is 85.6 cm³/mol. The summed E-state index contributed by atoms with van der Waals surface area (Å²) in [5, 5.41) is 4.46. The highest BCUT2D eigenvalue weighted by atomic mass is 32.2. The van der Waals surface area contributed by atoms with Crippen molar-refractivity contribution >= 4 is 23.5 Å². The SMILES string of the molecule is CC(NCC1CSCCS1)c1ccc2c(c1)CCO2. The van der Waals surface area contributed by atoms with Gasteiger partial charge in [0, 0.05) is 41.5 Å². The summed E-state index contributed by atoms with van der Waals surface area (Å²) in [6, 6.07) is 7.06. The number of benzene rings is 1. The van der Waals surface area contributed by atoms with Crippen LogP contribution in [0.3, 0.4) is 0 Å². The number of hydrogen-bond acceptors (Lipinski definition) is 4. The average molecular weight is 295 g/mol. The lowest BCUT2D eigenvalue weighted by atomic mass is 10.0. The topological polar surface area (TPSA) is 21.3 Å². The number of ether oxygens (including phenoxy) is 1. The van der Waals surface area contributed by atoms with Crippen molar-refractivity contribution in [1.82, 2.24) is 5.32 Å². The third kappa shape index (κ3) is 3.41. The van der Waals surface area contributed by atoms with Gasteiger partial charge >= 0.3 is 0 Å². The van der Waals surface area contributed by atoms with E-state index in [1.807, 2.05) is 0 Å². The Morgan fingerprint density at radius 1 is 1.42 bits per heavy atom. The molecule has 0 saturated carbocycles. The van der Waals surface area contributed by atoms with Crippen LogP contribution in [0.15, 0.2) is 18.2 Å². The molecule has 1 aromatic carbocycles. The molecule has 19 heavy (non-hydrogen) atoms. The molecule has 2 aliphatic heterocycles. The van der Waals surface area contributed by atoms with E-state index in [-0.39, 0.29) is 0 Å². The highest BCUT2D eigenvalue weighted by Crippen LogP contribution is 2.28. The first kappa shape index (κ1) is 13.7. The molecule has 2 unspecified atom stereocenters. The van der Waals surface area contributed by atoms with Crippen LogP contribution < -0.4 is 10.1 Å². The number of thioether (sulfide) groups is 2. The monoisotopic (exact) mass is 295 g/mol. The highest BCUT2D eigenvalue weighted by molar-refractivity contribution is 8.06. The highest BCUT2D eigenvalue weighted by Gasteiger charge is 2.17. The molecule has 0 spiro atoms. The van der Waals surface area contributed by atoms with E-state index in [2.05, 4.69) is 54.0 Å². The molecule has 2 aliphatic rings. The summed E-state index contributed by atoms with van der Waals surface area (Å²) >= 11 is 4.21. The van der Waals surface area contributed by atoms with Gasteiger partial charge in [0.25, 0.3) is 0 Å². The summed E-state index contributed by atoms with van der Waals surface area (Å²) in [6.07, 6.45) is 1.06. The molecular weight excluding hydrogens is 274 g/mol. The van der Waals surface area contributed by atoms with Gasteiger partial charge in [0.2, 0.25) is 0 Å². The van der Waals surface area contributed by atoms with Gasteiger partial charge in [-0.05, 0) is 24.1 Å². The van der Waals surface area contributed by atoms with Crippen LogP contribution in [0.1, 0.15) is 24.1 Å². The Balaban J connectivity index is 1.56. The fraction of sp³-hybridized carbons (Fsp3) is 0.600. The molecule has 0 bridgehead atoms. The second-order valence-corrected chi connectivity index (χ2v) is 7.72. The zero-order chi connectivity index (χ0) is 13.1. The van der Waals surface area contributed by atoms with Crippen LogP contribution in [-0.2, 0) is 6.42 Å². The van der Waals surface area contributed by atoms with Gasteiger partial charge in [-0.25, -0.2) is 0 Å². The first-order valence-corrected chi connectivity index (χ1v) is 9.21. The predicted octanol–water partition coefficient (Wildman–Crippen LogP) is 3.12. The number of nitrogens with one attached hydrogen (secondary N) is 1. The van der Waals surface area contributed by atoms with Gasteiger partial charge in [-0.2, -0.15) is 23.5 Å². The number of fused-ring (bicyclic) bond motifs is 1. The van der Waals surface area contributed by atoms with Crippen LogP contribution in [0.5, 0.6) is 5.75 Å². The van der Waals surface area contributed by atoms with Crippen LogP contribution in [-0.4, -0.2) is 35.7 Å². The van der Waals surface area contributed by atoms with Crippen molar-refractivity contribution in [3.8, 4) is 5.75 Å². The molecular formula is C15H21NOS2. The molecule has 0 amide bonds. The number of hydrogen-bond donors (Lipinski definition) is 1. The Labute approximate surface area is 124 Å². The van der Waals surface area contributed by atoms with E-state index in [0.717, 1.165) is 30.6 Å². The first-order chi connectivity index (χ1) is 9.33. The summed E-state index contributed by atoms with van der Waals surface area (Å²) in [7, 11) is 0. The molecule has 2 atom stereocenters. The molecule has 1 fully saturated rings. The van der Waals surface area contributed by atoms with Gasteiger partial charge in [0.1, 0.15) is 5.75 Å². The van der Waals surface area contributed by atoms with Gasteiger partial charge in [-0.1, -0.05) is 12.1 Å². The lowest BCUT2D eigenvalue weighted by Gasteiger charge is -2.23. The summed E-state index contributed by atoms with van der Waals surface area (Å²) in [4.78, 5) is 0. The van der Waals surface area contributed by atoms with E-state index in [1.165, 1.54) is 28.4 Å². The van der Waals surface area contributed by atoms with Crippen molar-refractivity contribution in [2.45, 2.75) is 24.6 Å². The van der Waals surface area contributed by atoms with Gasteiger partial charge < -0.3 is 10.1 Å². The lowest BCUT2D eigenvalue weighted by Crippen LogP contribution is -2.30. The lowest BCUT2D eigenvalue weighted by molar-refractivity contribution is 0.356. The van der Waals surface area contributed by atoms with E-state index < -0.39 is 0 Å². The Morgan fingerprint density at radius 3 is 3.21 bits per heavy atom. The quantitative estimate of drug-likeness (QED) is 0.921. The fourth-order valence-corrected chi connectivity index (χ4v) is 5.18. The van der Waals surface area contributed by atoms with E-state index in [1.54, 1.807) is 0 Å². The van der Waals surface area contributed by atoms with Crippen LogP contribution in [0.2, 0.25) is 0 Å². The summed E-state index contributed by atoms with van der Waals surface area (Å²) < 4.78 is 5.56. The molecule has 2 nitrogen and oxygen atoms in total. The zero-order valence-corrected chi connectivity index (χ0v) is 13.0. The van der Waals surface area contributed by atoms with Crippen LogP contribution in [0.4, 0.5) is 0 Å². The zero-order valence-electron chi connectivity index (χ0n) is 11.4. The van der Waals surface area contributed by atoms with E-state index in [4.69, 9.17) is 4.74 Å². The fourth-order valence-electron chi connectivity index (χ4n) is 2.56. The van der Waals surface area contributed by atoms with E-state index in [0.29, 0.717) is 6.04 Å². The average Bonchev–Trinajstić information content (AvgIpc) is 2.93. The normalized spacial score (nSPS) is 23.7. The largest absolute Gasteiger partial charge is 0.493 e. The third-order valence-corrected chi connectivity index (χ3v) is 6.60. The smallest absolute Gasteiger partial charge is 0.122 e. The third-order valence-electron chi connectivity index (χ3n) is 3.75. The molecule has 1 saturated heterocycles. The summed E-state index contributed by atoms with van der Waals surface area (Å²) in [6.45, 7) is 4.22. The van der Waals surface area contributed by atoms with Crippen molar-refractivity contribution in [1.29, 1.82) is 0 Å². The van der Waals surface area contributed by atoms with Gasteiger partial charge in [0.15, 0.2) is 0 Å². The van der Waals surface area contributed by atoms with Crippen LogP contribution in [0, 0.1) is 0 Å². The Bertz CT molecular complexity index is 432. The standard InChI is InChI=1S/C15H21NOS2/c1-11(16-9-14-10-18-6-7-19-14)12-2-3-15-13(8-12)4-5-17-15/h2-3,8,11,14,16H,4-7,9-10H2,1H3. The second kappa shape index (κ2) is 6.42. The van der Waals surface area contributed by atoms with Crippen molar-refractivity contribution in [3.63, 3.8) is 0 Å². The molecule has 1 N–H and O–H groups in total.